The lowest BCUT2D eigenvalue weighted by atomic mass is 9.95. The first-order valence-electron chi connectivity index (χ1n) is 17.9. The van der Waals surface area contributed by atoms with Gasteiger partial charge in [0.1, 0.15) is 36.0 Å². The zero-order chi connectivity index (χ0) is 37.8. The number of fused-ring (bicyclic) bond motifs is 1. The van der Waals surface area contributed by atoms with E-state index in [9.17, 15) is 38.7 Å². The highest BCUT2D eigenvalue weighted by atomic mass is 16.3. The molecule has 0 unspecified atom stereocenters. The predicted molar refractivity (Wildman–Crippen MR) is 189 cm³/mol. The Morgan fingerprint density at radius 3 is 1.90 bits per heavy atom. The summed E-state index contributed by atoms with van der Waals surface area (Å²) in [7, 11) is 0. The highest BCUT2D eigenvalue weighted by molar-refractivity contribution is 5.97. The van der Waals surface area contributed by atoms with Crippen LogP contribution in [0.3, 0.4) is 0 Å². The Labute approximate surface area is 299 Å². The van der Waals surface area contributed by atoms with Crippen molar-refractivity contribution in [1.82, 2.24) is 36.8 Å². The number of hydrogen-bond donors (Lipinski definition) is 7. The summed E-state index contributed by atoms with van der Waals surface area (Å²) >= 11 is 0. The highest BCUT2D eigenvalue weighted by Gasteiger charge is 2.40. The van der Waals surface area contributed by atoms with E-state index < -0.39 is 84.6 Å². The van der Waals surface area contributed by atoms with Gasteiger partial charge in [0.15, 0.2) is 0 Å². The van der Waals surface area contributed by atoms with Crippen LogP contribution >= 0.6 is 0 Å². The molecular formula is C36H55N7O8. The summed E-state index contributed by atoms with van der Waals surface area (Å²) in [6.45, 7) is 10.5. The lowest BCUT2D eigenvalue weighted by molar-refractivity contribution is -0.142. The van der Waals surface area contributed by atoms with E-state index >= 15 is 0 Å². The minimum Gasteiger partial charge on any atom is -0.508 e. The summed E-state index contributed by atoms with van der Waals surface area (Å²) in [4.78, 5) is 95.8. The van der Waals surface area contributed by atoms with E-state index in [-0.39, 0.29) is 49.3 Å². The van der Waals surface area contributed by atoms with Gasteiger partial charge in [-0.05, 0) is 61.1 Å². The van der Waals surface area contributed by atoms with Crippen molar-refractivity contribution >= 4 is 41.4 Å². The molecule has 0 saturated carbocycles. The molecule has 6 atom stereocenters. The largest absolute Gasteiger partial charge is 0.508 e. The average Bonchev–Trinajstić information content (AvgIpc) is 3.57. The number of phenolic OH excluding ortho intramolecular Hbond substituents is 1. The summed E-state index contributed by atoms with van der Waals surface area (Å²) < 4.78 is 0. The molecule has 282 valence electrons. The second-order valence-corrected chi connectivity index (χ2v) is 14.4. The van der Waals surface area contributed by atoms with Gasteiger partial charge in [0, 0.05) is 13.0 Å². The lowest BCUT2D eigenvalue weighted by Gasteiger charge is -2.31. The van der Waals surface area contributed by atoms with Gasteiger partial charge >= 0.3 is 0 Å². The van der Waals surface area contributed by atoms with Crippen molar-refractivity contribution in [3.8, 4) is 5.75 Å². The molecule has 2 aliphatic heterocycles. The zero-order valence-electron chi connectivity index (χ0n) is 30.5. The smallest absolute Gasteiger partial charge is 0.246 e. The van der Waals surface area contributed by atoms with Crippen molar-refractivity contribution in [2.75, 3.05) is 19.6 Å². The van der Waals surface area contributed by atoms with Gasteiger partial charge in [-0.1, -0.05) is 60.1 Å². The standard InChI is InChI=1S/C36H55N7O8/c1-7-22(6)31-35(50)41-25(15-20(2)3)32(47)38-18-29(45)37-19-30(46)39-27(17-23-10-12-24(44)13-11-23)36(51)43-14-8-9-28(43)34(49)40-26(16-21(4)5)33(48)42-31/h10-13,20-22,25-28,31,44H,7-9,14-19H2,1-6H3,(H,37,45)(H,38,47)(H,39,46)(H,40,49)(H,41,50)(H,42,48)/t22-,25-,26-,27-,28-,31-/m0/s1. The number of rotatable bonds is 8. The molecule has 7 amide bonds. The Morgan fingerprint density at radius 1 is 0.706 bits per heavy atom. The highest BCUT2D eigenvalue weighted by Crippen LogP contribution is 2.21. The first-order valence-corrected chi connectivity index (χ1v) is 17.9. The molecule has 1 aromatic rings. The summed E-state index contributed by atoms with van der Waals surface area (Å²) in [5, 5.41) is 25.8. The Hall–Kier alpha value is -4.69. The van der Waals surface area contributed by atoms with Gasteiger partial charge in [-0.2, -0.15) is 0 Å². The van der Waals surface area contributed by atoms with Gasteiger partial charge in [-0.25, -0.2) is 0 Å². The first kappa shape index (κ1) is 40.7. The van der Waals surface area contributed by atoms with E-state index in [2.05, 4.69) is 31.9 Å². The number of nitrogens with one attached hydrogen (secondary N) is 6. The number of carbonyl (C=O) groups excluding carboxylic acids is 7. The molecule has 2 fully saturated rings. The van der Waals surface area contributed by atoms with Crippen molar-refractivity contribution < 1.29 is 38.7 Å². The van der Waals surface area contributed by atoms with Crippen LogP contribution in [0.25, 0.3) is 0 Å². The minimum absolute atomic E-state index is 0.0114. The fraction of sp³-hybridized carbons (Fsp3) is 0.639. The fourth-order valence-electron chi connectivity index (χ4n) is 6.24. The molecule has 15 nitrogen and oxygen atoms in total. The second kappa shape index (κ2) is 19.1. The Balaban J connectivity index is 1.99. The van der Waals surface area contributed by atoms with Gasteiger partial charge in [0.05, 0.1) is 13.1 Å². The van der Waals surface area contributed by atoms with Crippen LogP contribution in [0, 0.1) is 17.8 Å². The van der Waals surface area contributed by atoms with E-state index in [1.807, 2.05) is 34.6 Å². The molecule has 0 aromatic heterocycles. The lowest BCUT2D eigenvalue weighted by Crippen LogP contribution is -2.60. The van der Waals surface area contributed by atoms with E-state index in [0.717, 1.165) is 0 Å². The molecule has 0 radical (unpaired) electrons. The van der Waals surface area contributed by atoms with E-state index in [0.29, 0.717) is 24.8 Å². The van der Waals surface area contributed by atoms with Crippen molar-refractivity contribution in [3.63, 3.8) is 0 Å². The number of carbonyl (C=O) groups is 7. The van der Waals surface area contributed by atoms with Crippen molar-refractivity contribution in [1.29, 1.82) is 0 Å². The Morgan fingerprint density at radius 2 is 1.29 bits per heavy atom. The first-order chi connectivity index (χ1) is 24.1. The number of aromatic hydroxyl groups is 1. The van der Waals surface area contributed by atoms with Crippen LogP contribution in [-0.4, -0.2) is 101 Å². The summed E-state index contributed by atoms with van der Waals surface area (Å²) in [6, 6.07) is 1.02. The summed E-state index contributed by atoms with van der Waals surface area (Å²) in [5.74, 6) is -4.49. The molecule has 0 spiro atoms. The van der Waals surface area contributed by atoms with Crippen molar-refractivity contribution in [3.05, 3.63) is 29.8 Å². The molecule has 51 heavy (non-hydrogen) atoms. The molecule has 15 heteroatoms. The minimum atomic E-state index is -1.12. The molecular weight excluding hydrogens is 658 g/mol. The number of hydrogen-bond acceptors (Lipinski definition) is 8. The van der Waals surface area contributed by atoms with Crippen LogP contribution in [0.4, 0.5) is 0 Å². The molecule has 7 N–H and O–H groups in total. The van der Waals surface area contributed by atoms with Gasteiger partial charge in [0.25, 0.3) is 0 Å². The van der Waals surface area contributed by atoms with Crippen molar-refractivity contribution in [2.45, 2.75) is 110 Å². The number of nitrogens with zero attached hydrogens (tertiary/aromatic N) is 1. The third kappa shape index (κ3) is 12.2. The van der Waals surface area contributed by atoms with Crippen LogP contribution in [-0.2, 0) is 40.0 Å². The van der Waals surface area contributed by atoms with Gasteiger partial charge in [0.2, 0.25) is 41.4 Å². The number of amides is 7. The molecule has 2 heterocycles. The van der Waals surface area contributed by atoms with Crippen LogP contribution in [0.5, 0.6) is 5.75 Å². The van der Waals surface area contributed by atoms with Gasteiger partial charge in [-0.15, -0.1) is 0 Å². The molecule has 0 aliphatic carbocycles. The molecule has 2 saturated heterocycles. The number of phenols is 1. The van der Waals surface area contributed by atoms with Crippen molar-refractivity contribution in [2.24, 2.45) is 17.8 Å². The Kier molecular flexibility index (Phi) is 15.2. The average molecular weight is 714 g/mol. The maximum Gasteiger partial charge on any atom is 0.246 e. The molecule has 1 aromatic carbocycles. The third-order valence-electron chi connectivity index (χ3n) is 9.19. The van der Waals surface area contributed by atoms with Crippen LogP contribution in [0.15, 0.2) is 24.3 Å². The second-order valence-electron chi connectivity index (χ2n) is 14.4. The van der Waals surface area contributed by atoms with E-state index in [1.54, 1.807) is 19.1 Å². The summed E-state index contributed by atoms with van der Waals surface area (Å²) in [5.41, 5.74) is 0.632. The normalized spacial score (nSPS) is 25.5. The SMILES string of the molecule is CC[C@H](C)[C@@H]1NC(=O)[C@H](CC(C)C)NC(=O)[C@@H]2CCCN2C(=O)[C@H](Cc2ccc(O)cc2)NC(=O)CNC(=O)CNC(=O)[C@H](CC(C)C)NC1=O. The molecule has 0 bridgehead atoms. The number of benzene rings is 1. The maximum atomic E-state index is 14.0. The molecule has 2 aliphatic rings. The monoisotopic (exact) mass is 713 g/mol. The quantitative estimate of drug-likeness (QED) is 0.198. The fourth-order valence-corrected chi connectivity index (χ4v) is 6.24. The zero-order valence-corrected chi connectivity index (χ0v) is 30.5. The van der Waals surface area contributed by atoms with Gasteiger partial charge in [-0.3, -0.25) is 33.6 Å². The van der Waals surface area contributed by atoms with Gasteiger partial charge < -0.3 is 41.9 Å². The molecule has 3 rings (SSSR count). The predicted octanol–water partition coefficient (Wildman–Crippen LogP) is 0.249. The van der Waals surface area contributed by atoms with Crippen LogP contribution in [0.1, 0.15) is 79.2 Å². The van der Waals surface area contributed by atoms with Crippen LogP contribution < -0.4 is 31.9 Å². The Bertz CT molecular complexity index is 1420. The van der Waals surface area contributed by atoms with Crippen LogP contribution in [0.2, 0.25) is 0 Å². The summed E-state index contributed by atoms with van der Waals surface area (Å²) in [6.07, 6.45) is 1.92. The maximum absolute atomic E-state index is 14.0. The van der Waals surface area contributed by atoms with E-state index in [1.165, 1.54) is 17.0 Å². The topological polar surface area (TPSA) is 215 Å². The third-order valence-corrected chi connectivity index (χ3v) is 9.19. The van der Waals surface area contributed by atoms with E-state index in [4.69, 9.17) is 0 Å².